The Labute approximate surface area is 123 Å². The Morgan fingerprint density at radius 2 is 0.941 bits per heavy atom. The second-order valence-electron chi connectivity index (χ2n) is 4.77. The van der Waals surface area contributed by atoms with Crippen molar-refractivity contribution < 1.29 is 0 Å². The average molecular weight is 239 g/mol. The molecule has 0 atom stereocenters. The molecule has 0 bridgehead atoms. The zero-order valence-corrected chi connectivity index (χ0v) is 13.5. The zero-order chi connectivity index (χ0) is 12.3. The number of hydrogen-bond donors (Lipinski definition) is 0. The van der Waals surface area contributed by atoms with Crippen molar-refractivity contribution in [1.82, 2.24) is 0 Å². The maximum atomic E-state index is 3.26. The predicted octanol–water partition coefficient (Wildman–Crippen LogP) is 4.57. The van der Waals surface area contributed by atoms with Crippen LogP contribution in [-0.2, 0) is 0 Å². The molecular formula is C16H22Mg. The van der Waals surface area contributed by atoms with Gasteiger partial charge in [-0.05, 0) is 0 Å². The van der Waals surface area contributed by atoms with Gasteiger partial charge in [0, 0.05) is 0 Å². The molecular weight excluding hydrogens is 216 g/mol. The predicted molar refractivity (Wildman–Crippen MR) is 76.6 cm³/mol. The van der Waals surface area contributed by atoms with E-state index < -0.39 is 0 Å². The molecule has 88 valence electrons. The van der Waals surface area contributed by atoms with Crippen molar-refractivity contribution in [2.45, 2.75) is 54.4 Å². The second kappa shape index (κ2) is 7.23. The van der Waals surface area contributed by atoms with Gasteiger partial charge < -0.3 is 0 Å². The molecule has 1 heteroatoms. The van der Waals surface area contributed by atoms with Crippen LogP contribution in [0.2, 0.25) is 0 Å². The van der Waals surface area contributed by atoms with Crippen LogP contribution in [0.1, 0.15) is 54.4 Å². The van der Waals surface area contributed by atoms with Crippen molar-refractivity contribution in [1.29, 1.82) is 0 Å². The summed E-state index contributed by atoms with van der Waals surface area (Å²) in [5.41, 5.74) is 8.49. The minimum absolute atomic E-state index is 0. The molecule has 2 aliphatic rings. The monoisotopic (exact) mass is 238 g/mol. The molecule has 0 spiro atoms. The number of rotatable bonds is 0. The first-order valence-corrected chi connectivity index (χ1v) is 5.91. The van der Waals surface area contributed by atoms with E-state index in [1.54, 1.807) is 0 Å². The van der Waals surface area contributed by atoms with Crippen molar-refractivity contribution in [3.8, 4) is 0 Å². The van der Waals surface area contributed by atoms with E-state index in [-0.39, 0.29) is 23.1 Å². The van der Waals surface area contributed by atoms with Gasteiger partial charge in [-0.1, -0.05) is 27.7 Å². The van der Waals surface area contributed by atoms with E-state index in [9.17, 15) is 0 Å². The molecule has 2 aliphatic carbocycles. The number of allylic oxidation sites excluding steroid dienone is 8. The van der Waals surface area contributed by atoms with E-state index in [4.69, 9.17) is 0 Å². The summed E-state index contributed by atoms with van der Waals surface area (Å²) in [7, 11) is 0. The van der Waals surface area contributed by atoms with Crippen LogP contribution >= 0.6 is 0 Å². The third-order valence-corrected chi connectivity index (χ3v) is 3.64. The Kier molecular flexibility index (Phi) is 7.11. The quantitative estimate of drug-likeness (QED) is 0.428. The second-order valence-corrected chi connectivity index (χ2v) is 4.77. The molecule has 0 unspecified atom stereocenters. The van der Waals surface area contributed by atoms with Crippen LogP contribution in [0.5, 0.6) is 0 Å². The number of hydrogen-bond acceptors (Lipinski definition) is 0. The first-order valence-electron chi connectivity index (χ1n) is 5.91. The molecule has 0 aromatic rings. The van der Waals surface area contributed by atoms with Crippen molar-refractivity contribution in [3.63, 3.8) is 0 Å². The summed E-state index contributed by atoms with van der Waals surface area (Å²) < 4.78 is 0. The van der Waals surface area contributed by atoms with Crippen LogP contribution in [-0.4, -0.2) is 23.1 Å². The molecule has 0 radical (unpaired) electrons. The van der Waals surface area contributed by atoms with Gasteiger partial charge in [0.05, 0.1) is 0 Å². The van der Waals surface area contributed by atoms with Crippen molar-refractivity contribution in [2.24, 2.45) is 0 Å². The van der Waals surface area contributed by atoms with Gasteiger partial charge in [0.1, 0.15) is 0 Å². The van der Waals surface area contributed by atoms with E-state index in [2.05, 4.69) is 53.7 Å². The molecule has 2 rings (SSSR count). The van der Waals surface area contributed by atoms with Gasteiger partial charge in [0.15, 0.2) is 0 Å². The molecule has 0 amide bonds. The first-order chi connectivity index (χ1) is 7.43. The molecule has 0 saturated heterocycles. The van der Waals surface area contributed by atoms with Gasteiger partial charge in [-0.15, -0.1) is 26.7 Å². The molecule has 0 aliphatic heterocycles. The van der Waals surface area contributed by atoms with Crippen LogP contribution in [0.4, 0.5) is 0 Å². The Bertz CT molecular complexity index is 352. The summed E-state index contributed by atoms with van der Waals surface area (Å²) in [6.07, 6.45) is 8.63. The van der Waals surface area contributed by atoms with Crippen molar-refractivity contribution in [3.05, 3.63) is 45.6 Å². The van der Waals surface area contributed by atoms with E-state index in [1.807, 2.05) is 0 Å². The van der Waals surface area contributed by atoms with Crippen LogP contribution < -0.4 is 0 Å². The largest absolute Gasteiger partial charge is 2.00 e. The molecule has 17 heavy (non-hydrogen) atoms. The summed E-state index contributed by atoms with van der Waals surface area (Å²) in [6, 6.07) is 0. The standard InChI is InChI=1S/2C8H11.Mg/c2*1-6-4-5-7(2)8(6)3;/h2*4H2,1-3H3;/q2*-1;+2. The fourth-order valence-electron chi connectivity index (χ4n) is 1.70. The fourth-order valence-corrected chi connectivity index (χ4v) is 1.70. The first kappa shape index (κ1) is 16.7. The van der Waals surface area contributed by atoms with Gasteiger partial charge >= 0.3 is 23.1 Å². The van der Waals surface area contributed by atoms with Crippen LogP contribution in [0.25, 0.3) is 0 Å². The third-order valence-electron chi connectivity index (χ3n) is 3.64. The molecule has 0 aromatic heterocycles. The van der Waals surface area contributed by atoms with E-state index >= 15 is 0 Å². The molecule has 0 aromatic carbocycles. The minimum Gasteiger partial charge on any atom is -0.269 e. The minimum atomic E-state index is 0. The molecule has 0 heterocycles. The zero-order valence-electron chi connectivity index (χ0n) is 12.1. The third kappa shape index (κ3) is 4.48. The maximum absolute atomic E-state index is 3.26. The van der Waals surface area contributed by atoms with Gasteiger partial charge in [-0.2, -0.15) is 22.3 Å². The SMILES string of the molecule is CC1=[C-]CC(C)=C1C.CC1=[C-]CC(C)=C1C.[Mg+2]. The van der Waals surface area contributed by atoms with Crippen molar-refractivity contribution >= 4 is 23.1 Å². The molecule has 0 fully saturated rings. The summed E-state index contributed by atoms with van der Waals surface area (Å²) in [4.78, 5) is 0. The van der Waals surface area contributed by atoms with Crippen molar-refractivity contribution in [2.75, 3.05) is 0 Å². The summed E-state index contributed by atoms with van der Waals surface area (Å²) in [6.45, 7) is 12.9. The summed E-state index contributed by atoms with van der Waals surface area (Å²) in [5, 5.41) is 0. The normalized spacial score (nSPS) is 18.5. The molecule has 0 N–H and O–H groups in total. The maximum Gasteiger partial charge on any atom is 2.00 e. The van der Waals surface area contributed by atoms with Gasteiger partial charge in [0.25, 0.3) is 0 Å². The topological polar surface area (TPSA) is 0 Å². The van der Waals surface area contributed by atoms with E-state index in [0.29, 0.717) is 0 Å². The van der Waals surface area contributed by atoms with Crippen LogP contribution in [0.3, 0.4) is 0 Å². The Morgan fingerprint density at radius 3 is 1.00 bits per heavy atom. The Balaban J connectivity index is 0.000000284. The van der Waals surface area contributed by atoms with Gasteiger partial charge in [-0.3, -0.25) is 12.2 Å². The average Bonchev–Trinajstić information content (AvgIpc) is 2.70. The van der Waals surface area contributed by atoms with Crippen LogP contribution in [0.15, 0.2) is 33.4 Å². The van der Waals surface area contributed by atoms with Gasteiger partial charge in [0.2, 0.25) is 0 Å². The Morgan fingerprint density at radius 1 is 0.647 bits per heavy atom. The van der Waals surface area contributed by atoms with Gasteiger partial charge in [-0.25, -0.2) is 11.1 Å². The molecule has 0 saturated carbocycles. The smallest absolute Gasteiger partial charge is 0.269 e. The summed E-state index contributed by atoms with van der Waals surface area (Å²) >= 11 is 0. The van der Waals surface area contributed by atoms with E-state index in [0.717, 1.165) is 12.8 Å². The van der Waals surface area contributed by atoms with Crippen LogP contribution in [0, 0.1) is 12.2 Å². The fraction of sp³-hybridized carbons (Fsp3) is 0.500. The van der Waals surface area contributed by atoms with E-state index in [1.165, 1.54) is 33.4 Å². The Hall–Kier alpha value is -0.274. The summed E-state index contributed by atoms with van der Waals surface area (Å²) in [5.74, 6) is 0. The molecule has 0 nitrogen and oxygen atoms in total.